The van der Waals surface area contributed by atoms with Crippen molar-refractivity contribution in [3.63, 3.8) is 0 Å². The zero-order valence-corrected chi connectivity index (χ0v) is 26.8. The zero-order valence-electron chi connectivity index (χ0n) is 25.2. The van der Waals surface area contributed by atoms with Gasteiger partial charge in [0.25, 0.3) is 10.0 Å². The third-order valence-corrected chi connectivity index (χ3v) is 11.5. The minimum atomic E-state index is -4.12. The molecule has 4 atom stereocenters. The first kappa shape index (κ1) is 30.4. The number of ether oxygens (including phenoxy) is 2. The highest BCUT2D eigenvalue weighted by atomic mass is 35.5. The van der Waals surface area contributed by atoms with Gasteiger partial charge in [0.05, 0.1) is 28.7 Å². The van der Waals surface area contributed by atoms with Crippen molar-refractivity contribution in [1.29, 1.82) is 0 Å². The zero-order chi connectivity index (χ0) is 30.4. The number of halogens is 1. The van der Waals surface area contributed by atoms with Gasteiger partial charge < -0.3 is 19.7 Å². The molecule has 0 radical (unpaired) electrons. The number of sulfonamides is 1. The summed E-state index contributed by atoms with van der Waals surface area (Å²) in [5.74, 6) is 0.823. The molecule has 6 rings (SSSR count). The van der Waals surface area contributed by atoms with E-state index in [0.29, 0.717) is 43.8 Å². The fraction of sp³-hybridized carbons (Fsp3) is 0.545. The van der Waals surface area contributed by atoms with Gasteiger partial charge in [-0.25, -0.2) is 13.1 Å². The van der Waals surface area contributed by atoms with E-state index in [1.165, 1.54) is 17.2 Å². The topological polar surface area (TPSA) is 97.0 Å². The molecule has 2 aliphatic carbocycles. The van der Waals surface area contributed by atoms with Gasteiger partial charge in [-0.2, -0.15) is 0 Å². The number of anilines is 1. The van der Waals surface area contributed by atoms with Gasteiger partial charge in [0.1, 0.15) is 5.75 Å². The van der Waals surface area contributed by atoms with Gasteiger partial charge in [0.15, 0.2) is 0 Å². The van der Waals surface area contributed by atoms with E-state index in [0.717, 1.165) is 49.4 Å². The second-order valence-corrected chi connectivity index (χ2v) is 15.4. The van der Waals surface area contributed by atoms with Gasteiger partial charge in [0.2, 0.25) is 5.91 Å². The Balaban J connectivity index is 1.44. The maximum atomic E-state index is 13.6. The summed E-state index contributed by atoms with van der Waals surface area (Å²) >= 11 is 6.41. The van der Waals surface area contributed by atoms with Crippen molar-refractivity contribution in [3.8, 4) is 5.75 Å². The molecule has 10 heteroatoms. The summed E-state index contributed by atoms with van der Waals surface area (Å²) in [6.07, 6.45) is 9.27. The van der Waals surface area contributed by atoms with Crippen LogP contribution in [0.25, 0.3) is 0 Å². The van der Waals surface area contributed by atoms with Crippen molar-refractivity contribution in [2.45, 2.75) is 62.4 Å². The number of carbonyl (C=O) groups excluding carboxylic acids is 1. The second-order valence-electron chi connectivity index (χ2n) is 13.3. The van der Waals surface area contributed by atoms with Gasteiger partial charge in [-0.05, 0) is 99.2 Å². The van der Waals surface area contributed by atoms with Crippen LogP contribution in [0.4, 0.5) is 5.69 Å². The van der Waals surface area contributed by atoms with Crippen LogP contribution < -0.4 is 19.7 Å². The molecule has 1 amide bonds. The van der Waals surface area contributed by atoms with Crippen LogP contribution in [0.3, 0.4) is 0 Å². The normalized spacial score (nSPS) is 30.8. The monoisotopic (exact) mass is 627 g/mol. The van der Waals surface area contributed by atoms with Crippen LogP contribution in [0, 0.1) is 17.3 Å². The first-order valence-electron chi connectivity index (χ1n) is 15.3. The molecule has 4 aliphatic rings. The fourth-order valence-corrected chi connectivity index (χ4v) is 8.61. The molecule has 2 aromatic carbocycles. The molecular weight excluding hydrogens is 586 g/mol. The average molecular weight is 628 g/mol. The predicted octanol–water partition coefficient (Wildman–Crippen LogP) is 4.84. The Hall–Kier alpha value is -2.59. The standard InChI is InChI=1S/C33H42ClN3O5S/c1-32(2)19-35-15-5-7-29(41-3)26-11-8-23(26)18-37-20-33(14-4-6-22-16-24(34)9-12-27(22)33)21-42-30-13-10-25(17-28(30)37)43(39,40)36-31(32)38/h5,7,9-10,12-13,16-17,23,26,29,35H,4,6,8,11,14-15,18-21H2,1-3H3,(H,36,38)/b7-5+/t23-,26+,29+,33-/m0/s1. The number of nitrogens with one attached hydrogen (secondary N) is 2. The molecule has 43 heavy (non-hydrogen) atoms. The van der Waals surface area contributed by atoms with E-state index in [9.17, 15) is 13.2 Å². The molecule has 2 heterocycles. The number of hydrogen-bond acceptors (Lipinski definition) is 7. The number of benzene rings is 2. The predicted molar refractivity (Wildman–Crippen MR) is 168 cm³/mol. The van der Waals surface area contributed by atoms with E-state index in [4.69, 9.17) is 21.1 Å². The molecule has 0 aromatic heterocycles. The van der Waals surface area contributed by atoms with Gasteiger partial charge in [-0.3, -0.25) is 4.79 Å². The molecule has 232 valence electrons. The molecule has 2 aliphatic heterocycles. The quantitative estimate of drug-likeness (QED) is 0.437. The molecule has 0 unspecified atom stereocenters. The number of carbonyl (C=O) groups is 1. The molecule has 8 nitrogen and oxygen atoms in total. The summed E-state index contributed by atoms with van der Waals surface area (Å²) in [4.78, 5) is 15.6. The van der Waals surface area contributed by atoms with E-state index >= 15 is 0 Å². The molecule has 1 saturated carbocycles. The van der Waals surface area contributed by atoms with Crippen LogP contribution in [0.5, 0.6) is 5.75 Å². The highest BCUT2D eigenvalue weighted by molar-refractivity contribution is 7.90. The molecule has 2 aromatic rings. The van der Waals surface area contributed by atoms with Gasteiger partial charge in [0, 0.05) is 43.7 Å². The van der Waals surface area contributed by atoms with Gasteiger partial charge in [-0.1, -0.05) is 29.8 Å². The van der Waals surface area contributed by atoms with E-state index in [2.05, 4.69) is 33.1 Å². The lowest BCUT2D eigenvalue weighted by atomic mass is 9.68. The van der Waals surface area contributed by atoms with Crippen molar-refractivity contribution in [2.24, 2.45) is 17.3 Å². The Morgan fingerprint density at radius 2 is 1.98 bits per heavy atom. The Morgan fingerprint density at radius 3 is 2.74 bits per heavy atom. The Bertz CT molecular complexity index is 1530. The molecule has 1 fully saturated rings. The van der Waals surface area contributed by atoms with Crippen molar-refractivity contribution in [3.05, 3.63) is 64.7 Å². The third-order valence-electron chi connectivity index (χ3n) is 9.94. The number of nitrogens with zero attached hydrogens (tertiary/aromatic N) is 1. The van der Waals surface area contributed by atoms with E-state index in [1.54, 1.807) is 33.1 Å². The van der Waals surface area contributed by atoms with Crippen LogP contribution in [0.1, 0.15) is 50.7 Å². The van der Waals surface area contributed by atoms with E-state index in [-0.39, 0.29) is 16.4 Å². The Labute approximate surface area is 260 Å². The number of amides is 1. The Kier molecular flexibility index (Phi) is 8.30. The van der Waals surface area contributed by atoms with E-state index in [1.807, 2.05) is 12.1 Å². The summed E-state index contributed by atoms with van der Waals surface area (Å²) < 4.78 is 42.0. The number of hydrogen-bond donors (Lipinski definition) is 2. The molecular formula is C33H42ClN3O5S. The lowest BCUT2D eigenvalue weighted by molar-refractivity contribution is -0.127. The molecule has 2 bridgehead atoms. The van der Waals surface area contributed by atoms with Crippen LogP contribution in [0.2, 0.25) is 5.02 Å². The number of methoxy groups -OCH3 is 1. The minimum Gasteiger partial charge on any atom is -0.490 e. The average Bonchev–Trinajstić information content (AvgIpc) is 3.10. The number of rotatable bonds is 1. The fourth-order valence-electron chi connectivity index (χ4n) is 7.26. The first-order valence-corrected chi connectivity index (χ1v) is 17.2. The number of fused-ring (bicyclic) bond motifs is 4. The second kappa shape index (κ2) is 11.7. The lowest BCUT2D eigenvalue weighted by Crippen LogP contribution is -2.49. The van der Waals surface area contributed by atoms with Crippen molar-refractivity contribution >= 4 is 33.2 Å². The van der Waals surface area contributed by atoms with E-state index < -0.39 is 21.3 Å². The van der Waals surface area contributed by atoms with Crippen LogP contribution in [0.15, 0.2) is 53.4 Å². The smallest absolute Gasteiger partial charge is 0.264 e. The number of aryl methyl sites for hydroxylation is 1. The minimum absolute atomic E-state index is 0.0199. The van der Waals surface area contributed by atoms with Crippen LogP contribution >= 0.6 is 11.6 Å². The van der Waals surface area contributed by atoms with Crippen LogP contribution in [-0.4, -0.2) is 60.3 Å². The van der Waals surface area contributed by atoms with Crippen molar-refractivity contribution < 1.29 is 22.7 Å². The van der Waals surface area contributed by atoms with Gasteiger partial charge in [-0.15, -0.1) is 0 Å². The summed E-state index contributed by atoms with van der Waals surface area (Å²) in [7, 11) is -2.36. The SMILES string of the molecule is CO[C@@H]1/C=C/CNCC(C)(C)C(=O)NS(=O)(=O)c2ccc3c(c2)N(C[C@@H]2CC[C@H]21)C[C@@]1(CCCc2cc(Cl)ccc21)CO3. The molecule has 1 spiro atoms. The van der Waals surface area contributed by atoms with Crippen LogP contribution in [-0.2, 0) is 31.4 Å². The summed E-state index contributed by atoms with van der Waals surface area (Å²) in [6.45, 7) is 6.29. The summed E-state index contributed by atoms with van der Waals surface area (Å²) in [5.41, 5.74) is 2.05. The van der Waals surface area contributed by atoms with Crippen molar-refractivity contribution in [1.82, 2.24) is 10.0 Å². The van der Waals surface area contributed by atoms with Gasteiger partial charge >= 0.3 is 0 Å². The molecule has 2 N–H and O–H groups in total. The third kappa shape index (κ3) is 5.93. The Morgan fingerprint density at radius 1 is 1.14 bits per heavy atom. The first-order chi connectivity index (χ1) is 20.5. The highest BCUT2D eigenvalue weighted by Crippen LogP contribution is 2.47. The summed E-state index contributed by atoms with van der Waals surface area (Å²) in [6, 6.07) is 11.1. The lowest BCUT2D eigenvalue weighted by Gasteiger charge is -2.46. The van der Waals surface area contributed by atoms with Crippen molar-refractivity contribution in [2.75, 3.05) is 44.8 Å². The maximum Gasteiger partial charge on any atom is 0.264 e. The maximum absolute atomic E-state index is 13.6. The largest absolute Gasteiger partial charge is 0.490 e. The summed E-state index contributed by atoms with van der Waals surface area (Å²) in [5, 5.41) is 4.01. The molecule has 0 saturated heterocycles. The highest BCUT2D eigenvalue weighted by Gasteiger charge is 2.44.